The third-order valence-corrected chi connectivity index (χ3v) is 5.53. The van der Waals surface area contributed by atoms with Gasteiger partial charge in [0.1, 0.15) is 0 Å². The van der Waals surface area contributed by atoms with Crippen LogP contribution in [0.15, 0.2) is 18.2 Å². The maximum Gasteiger partial charge on any atom is 0.234 e. The summed E-state index contributed by atoms with van der Waals surface area (Å²) in [5, 5.41) is 3.95. The van der Waals surface area contributed by atoms with Crippen LogP contribution in [0.4, 0.5) is 5.69 Å². The van der Waals surface area contributed by atoms with Crippen LogP contribution in [-0.2, 0) is 10.5 Å². The number of amides is 1. The van der Waals surface area contributed by atoms with Crippen molar-refractivity contribution >= 4 is 56.6 Å². The van der Waals surface area contributed by atoms with E-state index in [0.717, 1.165) is 32.3 Å². The smallest absolute Gasteiger partial charge is 0.234 e. The van der Waals surface area contributed by atoms with Crippen LogP contribution < -0.4 is 5.32 Å². The molecule has 5 nitrogen and oxygen atoms in total. The summed E-state index contributed by atoms with van der Waals surface area (Å²) < 4.78 is 9.42. The molecule has 0 aliphatic rings. The van der Waals surface area contributed by atoms with Crippen LogP contribution in [0.3, 0.4) is 0 Å². The number of benzene rings is 1. The molecule has 3 rings (SSSR count). The molecule has 0 aliphatic carbocycles. The van der Waals surface area contributed by atoms with Crippen molar-refractivity contribution in [2.75, 3.05) is 11.1 Å². The zero-order chi connectivity index (χ0) is 15.5. The first-order chi connectivity index (χ1) is 10.6. The van der Waals surface area contributed by atoms with E-state index in [1.54, 1.807) is 23.1 Å². The fourth-order valence-corrected chi connectivity index (χ4v) is 4.27. The molecule has 1 amide bonds. The third kappa shape index (κ3) is 3.63. The predicted octanol–water partition coefficient (Wildman–Crippen LogP) is 3.64. The van der Waals surface area contributed by atoms with Gasteiger partial charge in [-0.1, -0.05) is 0 Å². The fourth-order valence-electron chi connectivity index (χ4n) is 1.94. The molecule has 0 saturated heterocycles. The molecule has 1 N–H and O–H groups in total. The molecule has 2 aromatic heterocycles. The monoisotopic (exact) mass is 350 g/mol. The quantitative estimate of drug-likeness (QED) is 0.761. The first-order valence-corrected chi connectivity index (χ1v) is 9.35. The molecule has 0 saturated carbocycles. The van der Waals surface area contributed by atoms with Gasteiger partial charge in [-0.25, -0.2) is 4.98 Å². The van der Waals surface area contributed by atoms with Crippen molar-refractivity contribution in [2.45, 2.75) is 19.6 Å². The second kappa shape index (κ2) is 6.72. The molecule has 0 radical (unpaired) electrons. The second-order valence-corrected chi connectivity index (χ2v) is 7.50. The topological polar surface area (TPSA) is 67.8 Å². The first kappa shape index (κ1) is 15.4. The number of thiazole rings is 1. The van der Waals surface area contributed by atoms with Gasteiger partial charge in [0.05, 0.1) is 44.1 Å². The number of carbonyl (C=O) groups excluding carboxylic acids is 1. The normalized spacial score (nSPS) is 11.0. The highest BCUT2D eigenvalue weighted by Crippen LogP contribution is 2.25. The number of nitrogens with zero attached hydrogens (tertiary/aromatic N) is 3. The van der Waals surface area contributed by atoms with Gasteiger partial charge in [-0.15, -0.1) is 23.1 Å². The molecule has 0 bridgehead atoms. The molecule has 0 atom stereocenters. The van der Waals surface area contributed by atoms with Crippen LogP contribution in [0.5, 0.6) is 0 Å². The SMILES string of the molecule is Cc1nc2ccc(NC(=O)CSCc3nsnc3C)cc2s1. The predicted molar refractivity (Wildman–Crippen MR) is 93.8 cm³/mol. The Kier molecular flexibility index (Phi) is 4.70. The van der Waals surface area contributed by atoms with Crippen molar-refractivity contribution in [1.29, 1.82) is 0 Å². The summed E-state index contributed by atoms with van der Waals surface area (Å²) in [5.74, 6) is 1.10. The Bertz CT molecular complexity index is 811. The van der Waals surface area contributed by atoms with Gasteiger partial charge >= 0.3 is 0 Å². The number of rotatable bonds is 5. The molecular formula is C14H14N4OS3. The summed E-state index contributed by atoms with van der Waals surface area (Å²) in [4.78, 5) is 16.4. The summed E-state index contributed by atoms with van der Waals surface area (Å²) in [6.07, 6.45) is 0. The summed E-state index contributed by atoms with van der Waals surface area (Å²) >= 11 is 4.38. The molecule has 8 heteroatoms. The molecule has 0 unspecified atom stereocenters. The van der Waals surface area contributed by atoms with Crippen molar-refractivity contribution in [1.82, 2.24) is 13.7 Å². The summed E-state index contributed by atoms with van der Waals surface area (Å²) in [5.41, 5.74) is 3.70. The Morgan fingerprint density at radius 1 is 1.32 bits per heavy atom. The number of aryl methyl sites for hydroxylation is 2. The number of thioether (sulfide) groups is 1. The summed E-state index contributed by atoms with van der Waals surface area (Å²) in [7, 11) is 0. The molecule has 22 heavy (non-hydrogen) atoms. The number of hydrogen-bond acceptors (Lipinski definition) is 7. The van der Waals surface area contributed by atoms with E-state index >= 15 is 0 Å². The van der Waals surface area contributed by atoms with Gasteiger partial charge in [0.2, 0.25) is 5.91 Å². The minimum Gasteiger partial charge on any atom is -0.325 e. The van der Waals surface area contributed by atoms with Gasteiger partial charge in [-0.2, -0.15) is 8.75 Å². The van der Waals surface area contributed by atoms with Crippen LogP contribution in [0, 0.1) is 13.8 Å². The number of anilines is 1. The minimum absolute atomic E-state index is 0.00794. The van der Waals surface area contributed by atoms with E-state index in [0.29, 0.717) is 11.5 Å². The van der Waals surface area contributed by atoms with E-state index in [1.807, 2.05) is 32.0 Å². The molecule has 1 aromatic carbocycles. The highest BCUT2D eigenvalue weighted by Gasteiger charge is 2.08. The van der Waals surface area contributed by atoms with Gasteiger partial charge in [0.15, 0.2) is 0 Å². The van der Waals surface area contributed by atoms with Gasteiger partial charge in [0, 0.05) is 11.4 Å². The Morgan fingerprint density at radius 2 is 2.18 bits per heavy atom. The summed E-state index contributed by atoms with van der Waals surface area (Å²) in [6, 6.07) is 5.79. The van der Waals surface area contributed by atoms with Gasteiger partial charge in [0.25, 0.3) is 0 Å². The number of carbonyl (C=O) groups is 1. The number of aromatic nitrogens is 3. The number of fused-ring (bicyclic) bond motifs is 1. The molecule has 0 fully saturated rings. The Hall–Kier alpha value is -1.51. The molecule has 114 valence electrons. The highest BCUT2D eigenvalue weighted by atomic mass is 32.2. The molecular weight excluding hydrogens is 336 g/mol. The van der Waals surface area contributed by atoms with Crippen molar-refractivity contribution in [3.05, 3.63) is 34.6 Å². The average Bonchev–Trinajstić information content (AvgIpc) is 3.03. The number of hydrogen-bond donors (Lipinski definition) is 1. The van der Waals surface area contributed by atoms with Gasteiger partial charge in [-0.05, 0) is 32.0 Å². The molecule has 3 aromatic rings. The van der Waals surface area contributed by atoms with Crippen molar-refractivity contribution in [3.63, 3.8) is 0 Å². The van der Waals surface area contributed by atoms with Crippen LogP contribution >= 0.6 is 34.8 Å². The lowest BCUT2D eigenvalue weighted by atomic mass is 10.3. The van der Waals surface area contributed by atoms with Crippen molar-refractivity contribution in [3.8, 4) is 0 Å². The Balaban J connectivity index is 1.55. The maximum absolute atomic E-state index is 12.0. The molecule has 0 aliphatic heterocycles. The lowest BCUT2D eigenvalue weighted by Crippen LogP contribution is -2.14. The van der Waals surface area contributed by atoms with Crippen LogP contribution in [0.25, 0.3) is 10.2 Å². The second-order valence-electron chi connectivity index (χ2n) is 4.75. The fraction of sp³-hybridized carbons (Fsp3) is 0.286. The van der Waals surface area contributed by atoms with E-state index in [-0.39, 0.29) is 5.91 Å². The lowest BCUT2D eigenvalue weighted by molar-refractivity contribution is -0.113. The van der Waals surface area contributed by atoms with Crippen LogP contribution in [0.1, 0.15) is 16.4 Å². The summed E-state index contributed by atoms with van der Waals surface area (Å²) in [6.45, 7) is 3.92. The van der Waals surface area contributed by atoms with E-state index in [1.165, 1.54) is 11.7 Å². The molecule has 0 spiro atoms. The van der Waals surface area contributed by atoms with Gasteiger partial charge < -0.3 is 5.32 Å². The van der Waals surface area contributed by atoms with Crippen LogP contribution in [0.2, 0.25) is 0 Å². The number of nitrogens with one attached hydrogen (secondary N) is 1. The Morgan fingerprint density at radius 3 is 2.95 bits per heavy atom. The maximum atomic E-state index is 12.0. The zero-order valence-electron chi connectivity index (χ0n) is 12.1. The average molecular weight is 350 g/mol. The lowest BCUT2D eigenvalue weighted by Gasteiger charge is -2.04. The van der Waals surface area contributed by atoms with Crippen molar-refractivity contribution in [2.24, 2.45) is 0 Å². The highest BCUT2D eigenvalue weighted by molar-refractivity contribution is 7.99. The third-order valence-electron chi connectivity index (χ3n) is 3.00. The van der Waals surface area contributed by atoms with Crippen molar-refractivity contribution < 1.29 is 4.79 Å². The van der Waals surface area contributed by atoms with E-state index in [2.05, 4.69) is 19.0 Å². The van der Waals surface area contributed by atoms with Gasteiger partial charge in [-0.3, -0.25) is 4.79 Å². The van der Waals surface area contributed by atoms with E-state index < -0.39 is 0 Å². The Labute approximate surface area is 140 Å². The van der Waals surface area contributed by atoms with E-state index in [4.69, 9.17) is 0 Å². The minimum atomic E-state index is -0.00794. The molecule has 2 heterocycles. The first-order valence-electron chi connectivity index (χ1n) is 6.64. The zero-order valence-corrected chi connectivity index (χ0v) is 14.6. The standard InChI is InChI=1S/C14H14N4OS3/c1-8-12(18-22-17-8)6-20-7-14(19)16-10-3-4-11-13(5-10)21-9(2)15-11/h3-5H,6-7H2,1-2H3,(H,16,19). The van der Waals surface area contributed by atoms with Crippen LogP contribution in [-0.4, -0.2) is 25.4 Å². The van der Waals surface area contributed by atoms with E-state index in [9.17, 15) is 4.79 Å². The largest absolute Gasteiger partial charge is 0.325 e.